The van der Waals surface area contributed by atoms with Crippen LogP contribution in [0, 0.1) is 0 Å². The molecule has 3 N–H and O–H groups in total. The number of hydrazine groups is 1. The molecule has 0 aliphatic heterocycles. The molecule has 0 fully saturated rings. The Labute approximate surface area is 148 Å². The third-order valence-corrected chi connectivity index (χ3v) is 5.23. The van der Waals surface area contributed by atoms with E-state index in [9.17, 15) is 23.1 Å². The van der Waals surface area contributed by atoms with Gasteiger partial charge in [-0.1, -0.05) is 0 Å². The van der Waals surface area contributed by atoms with Crippen molar-refractivity contribution in [3.63, 3.8) is 0 Å². The van der Waals surface area contributed by atoms with Gasteiger partial charge in [0, 0.05) is 19.7 Å². The van der Waals surface area contributed by atoms with Gasteiger partial charge in [-0.25, -0.2) is 13.2 Å². The number of aromatic hydroxyl groups is 1. The van der Waals surface area contributed by atoms with Gasteiger partial charge >= 0.3 is 5.69 Å². The van der Waals surface area contributed by atoms with Gasteiger partial charge in [0.15, 0.2) is 0 Å². The van der Waals surface area contributed by atoms with Crippen LogP contribution in [-0.4, -0.2) is 28.6 Å². The van der Waals surface area contributed by atoms with Crippen molar-refractivity contribution in [3.05, 3.63) is 58.5 Å². The largest absolute Gasteiger partial charge is 0.508 e. The topological polar surface area (TPSA) is 122 Å². The minimum absolute atomic E-state index is 0.0103. The summed E-state index contributed by atoms with van der Waals surface area (Å²) in [6.07, 6.45) is 0. The summed E-state index contributed by atoms with van der Waals surface area (Å²) in [5, 5.41) is 9.21. The number of carbonyl (C=O) groups excluding carboxylic acids is 1. The highest BCUT2D eigenvalue weighted by Gasteiger charge is 2.18. The first-order valence-electron chi connectivity index (χ1n) is 7.47. The molecule has 3 aromatic rings. The van der Waals surface area contributed by atoms with Gasteiger partial charge in [0.2, 0.25) is 0 Å². The van der Waals surface area contributed by atoms with Gasteiger partial charge in [-0.2, -0.15) is 0 Å². The second-order valence-corrected chi connectivity index (χ2v) is 7.34. The molecule has 0 aliphatic rings. The van der Waals surface area contributed by atoms with Crippen LogP contribution < -0.4 is 15.9 Å². The number of phenols is 1. The van der Waals surface area contributed by atoms with E-state index in [0.29, 0.717) is 11.0 Å². The normalized spacial score (nSPS) is 11.6. The predicted molar refractivity (Wildman–Crippen MR) is 94.1 cm³/mol. The molecule has 1 amide bonds. The van der Waals surface area contributed by atoms with Gasteiger partial charge in [0.1, 0.15) is 5.75 Å². The van der Waals surface area contributed by atoms with Gasteiger partial charge in [0.25, 0.3) is 15.9 Å². The number of fused-ring (bicyclic) bond motifs is 1. The van der Waals surface area contributed by atoms with Crippen LogP contribution in [0.3, 0.4) is 0 Å². The molecule has 3 rings (SSSR count). The van der Waals surface area contributed by atoms with Crippen LogP contribution in [0.15, 0.2) is 52.2 Å². The number of imidazole rings is 1. The number of sulfonamides is 1. The van der Waals surface area contributed by atoms with Crippen LogP contribution in [0.1, 0.15) is 10.4 Å². The highest BCUT2D eigenvalue weighted by Crippen LogP contribution is 2.17. The molecule has 1 heterocycles. The molecule has 10 heteroatoms. The van der Waals surface area contributed by atoms with Crippen molar-refractivity contribution in [1.29, 1.82) is 0 Å². The zero-order valence-corrected chi connectivity index (χ0v) is 14.7. The standard InChI is InChI=1S/C16H16N4O5S/c1-19-13-8-7-12(9-14(13)20(2)16(19)23)26(24,25)18-17-15(22)10-3-5-11(21)6-4-10/h3-9,18,21H,1-2H3,(H,17,22). The molecule has 0 radical (unpaired) electrons. The van der Waals surface area contributed by atoms with E-state index in [0.717, 1.165) is 0 Å². The van der Waals surface area contributed by atoms with E-state index in [4.69, 9.17) is 0 Å². The van der Waals surface area contributed by atoms with E-state index in [1.807, 2.05) is 4.83 Å². The first-order valence-corrected chi connectivity index (χ1v) is 8.95. The number of nitrogens with one attached hydrogen (secondary N) is 2. The number of aryl methyl sites for hydroxylation is 2. The molecule has 0 bridgehead atoms. The molecule has 0 spiro atoms. The van der Waals surface area contributed by atoms with Crippen molar-refractivity contribution in [2.45, 2.75) is 4.90 Å². The van der Waals surface area contributed by atoms with E-state index in [1.54, 1.807) is 14.1 Å². The Kier molecular flexibility index (Phi) is 4.30. The average molecular weight is 376 g/mol. The summed E-state index contributed by atoms with van der Waals surface area (Å²) >= 11 is 0. The summed E-state index contributed by atoms with van der Waals surface area (Å²) in [5.41, 5.74) is 3.04. The molecular weight excluding hydrogens is 360 g/mol. The van der Waals surface area contributed by atoms with E-state index in [-0.39, 0.29) is 21.9 Å². The highest BCUT2D eigenvalue weighted by atomic mass is 32.2. The second kappa shape index (κ2) is 6.32. The molecule has 0 unspecified atom stereocenters. The molecule has 136 valence electrons. The summed E-state index contributed by atoms with van der Waals surface area (Å²) < 4.78 is 27.6. The van der Waals surface area contributed by atoms with E-state index >= 15 is 0 Å². The van der Waals surface area contributed by atoms with Crippen molar-refractivity contribution in [2.24, 2.45) is 14.1 Å². The van der Waals surface area contributed by atoms with Crippen LogP contribution in [-0.2, 0) is 24.1 Å². The maximum Gasteiger partial charge on any atom is 0.328 e. The molecule has 26 heavy (non-hydrogen) atoms. The maximum atomic E-state index is 12.4. The fourth-order valence-electron chi connectivity index (χ4n) is 2.51. The van der Waals surface area contributed by atoms with Crippen molar-refractivity contribution in [3.8, 4) is 5.75 Å². The smallest absolute Gasteiger partial charge is 0.328 e. The summed E-state index contributed by atoms with van der Waals surface area (Å²) in [4.78, 5) is 25.8. The first kappa shape index (κ1) is 17.7. The van der Waals surface area contributed by atoms with Crippen molar-refractivity contribution in [2.75, 3.05) is 0 Å². The number of hydrogen-bond donors (Lipinski definition) is 3. The molecule has 1 aromatic heterocycles. The van der Waals surface area contributed by atoms with Gasteiger partial charge < -0.3 is 5.11 Å². The number of carbonyl (C=O) groups is 1. The van der Waals surface area contributed by atoms with Crippen LogP contribution in [0.2, 0.25) is 0 Å². The number of phenolic OH excluding ortho intramolecular Hbond substituents is 1. The third-order valence-electron chi connectivity index (χ3n) is 3.98. The predicted octanol–water partition coefficient (Wildman–Crippen LogP) is 0.206. The van der Waals surface area contributed by atoms with Crippen LogP contribution in [0.5, 0.6) is 5.75 Å². The Bertz CT molecular complexity index is 1160. The molecule has 9 nitrogen and oxygen atoms in total. The molecule has 2 aromatic carbocycles. The summed E-state index contributed by atoms with van der Waals surface area (Å²) in [7, 11) is -0.904. The third kappa shape index (κ3) is 3.07. The average Bonchev–Trinajstić information content (AvgIpc) is 2.84. The zero-order chi connectivity index (χ0) is 19.1. The number of aromatic nitrogens is 2. The Morgan fingerprint density at radius 3 is 2.27 bits per heavy atom. The number of hydrogen-bond acceptors (Lipinski definition) is 5. The number of benzene rings is 2. The number of rotatable bonds is 4. The molecule has 0 atom stereocenters. The molecular formula is C16H16N4O5S. The second-order valence-electron chi connectivity index (χ2n) is 5.66. The lowest BCUT2D eigenvalue weighted by Crippen LogP contribution is -2.41. The van der Waals surface area contributed by atoms with E-state index in [1.165, 1.54) is 51.6 Å². The van der Waals surface area contributed by atoms with Gasteiger partial charge in [-0.15, -0.1) is 4.83 Å². The molecule has 0 saturated heterocycles. The summed E-state index contributed by atoms with van der Waals surface area (Å²) in [5.74, 6) is -0.689. The lowest BCUT2D eigenvalue weighted by molar-refractivity contribution is 0.0945. The first-order chi connectivity index (χ1) is 12.2. The van der Waals surface area contributed by atoms with E-state index in [2.05, 4.69) is 5.43 Å². The van der Waals surface area contributed by atoms with Gasteiger partial charge in [-0.05, 0) is 42.5 Å². The fourth-order valence-corrected chi connectivity index (χ4v) is 3.37. The minimum atomic E-state index is -4.04. The Hall–Kier alpha value is -3.11. The van der Waals surface area contributed by atoms with Crippen LogP contribution in [0.25, 0.3) is 11.0 Å². The summed E-state index contributed by atoms with van der Waals surface area (Å²) in [6, 6.07) is 9.55. The molecule has 0 aliphatic carbocycles. The Morgan fingerprint density at radius 2 is 1.62 bits per heavy atom. The van der Waals surface area contributed by atoms with Gasteiger partial charge in [-0.3, -0.25) is 19.4 Å². The van der Waals surface area contributed by atoms with Crippen molar-refractivity contribution < 1.29 is 18.3 Å². The summed E-state index contributed by atoms with van der Waals surface area (Å²) in [6.45, 7) is 0. The monoisotopic (exact) mass is 376 g/mol. The molecule has 0 saturated carbocycles. The lowest BCUT2D eigenvalue weighted by atomic mass is 10.2. The zero-order valence-electron chi connectivity index (χ0n) is 13.9. The fraction of sp³-hybridized carbons (Fsp3) is 0.125. The van der Waals surface area contributed by atoms with Crippen LogP contribution in [0.4, 0.5) is 0 Å². The highest BCUT2D eigenvalue weighted by molar-refractivity contribution is 7.89. The SMILES string of the molecule is Cn1c(=O)n(C)c2cc(S(=O)(=O)NNC(=O)c3ccc(O)cc3)ccc21. The Balaban J connectivity index is 1.85. The van der Waals surface area contributed by atoms with E-state index < -0.39 is 15.9 Å². The quantitative estimate of drug-likeness (QED) is 0.562. The number of amides is 1. The lowest BCUT2D eigenvalue weighted by Gasteiger charge is -2.09. The van der Waals surface area contributed by atoms with Crippen molar-refractivity contribution >= 4 is 27.0 Å². The van der Waals surface area contributed by atoms with Gasteiger partial charge in [0.05, 0.1) is 15.9 Å². The Morgan fingerprint density at radius 1 is 1.00 bits per heavy atom. The maximum absolute atomic E-state index is 12.4. The van der Waals surface area contributed by atoms with Crippen molar-refractivity contribution in [1.82, 2.24) is 19.4 Å². The number of nitrogens with zero attached hydrogens (tertiary/aromatic N) is 2. The minimum Gasteiger partial charge on any atom is -0.508 e. The van der Waals surface area contributed by atoms with Crippen LogP contribution >= 0.6 is 0 Å².